The summed E-state index contributed by atoms with van der Waals surface area (Å²) in [5, 5.41) is 19.3. The van der Waals surface area contributed by atoms with Gasteiger partial charge in [0.15, 0.2) is 5.13 Å². The van der Waals surface area contributed by atoms with E-state index >= 15 is 0 Å². The number of anilines is 2. The molecule has 2 amide bonds. The van der Waals surface area contributed by atoms with E-state index in [0.717, 1.165) is 32.5 Å². The van der Waals surface area contributed by atoms with Gasteiger partial charge in [0, 0.05) is 21.5 Å². The Morgan fingerprint density at radius 2 is 1.41 bits per heavy atom. The summed E-state index contributed by atoms with van der Waals surface area (Å²) in [5.41, 5.74) is 3.12. The third-order valence-corrected chi connectivity index (χ3v) is 8.91. The molecule has 7 nitrogen and oxygen atoms in total. The standard InChI is InChI=1S/C35H25N3O4S2/c39-32(28-12-6-7-13-29(28)34(41)42)36-26-16-18-27(19-17-26)44-31(23-9-2-1-3-10-23)33(40)38-35-37-30(21-43-35)25-15-14-22-8-4-5-11-24(22)20-25/h1-21,31H,(H,36,39)(H,41,42)(H,37,38,40). The maximum Gasteiger partial charge on any atom is 0.336 e. The normalized spacial score (nSPS) is 11.5. The first-order chi connectivity index (χ1) is 21.4. The van der Waals surface area contributed by atoms with Crippen LogP contribution < -0.4 is 10.6 Å². The molecule has 5 aromatic carbocycles. The van der Waals surface area contributed by atoms with E-state index in [9.17, 15) is 19.5 Å². The van der Waals surface area contributed by atoms with Gasteiger partial charge in [-0.1, -0.05) is 78.9 Å². The lowest BCUT2D eigenvalue weighted by atomic mass is 10.1. The predicted molar refractivity (Wildman–Crippen MR) is 177 cm³/mol. The molecule has 0 saturated heterocycles. The second-order valence-electron chi connectivity index (χ2n) is 9.83. The molecule has 0 fully saturated rings. The lowest BCUT2D eigenvalue weighted by Gasteiger charge is -2.16. The summed E-state index contributed by atoms with van der Waals surface area (Å²) < 4.78 is 0. The first kappa shape index (κ1) is 28.9. The third kappa shape index (κ3) is 6.54. The largest absolute Gasteiger partial charge is 0.478 e. The van der Waals surface area contributed by atoms with Gasteiger partial charge >= 0.3 is 5.97 Å². The van der Waals surface area contributed by atoms with Crippen LogP contribution in [0.25, 0.3) is 22.0 Å². The summed E-state index contributed by atoms with van der Waals surface area (Å²) in [6, 6.07) is 37.0. The van der Waals surface area contributed by atoms with Crippen LogP contribution in [-0.4, -0.2) is 27.9 Å². The van der Waals surface area contributed by atoms with Gasteiger partial charge in [0.25, 0.3) is 5.91 Å². The van der Waals surface area contributed by atoms with Gasteiger partial charge in [-0.05, 0) is 58.8 Å². The van der Waals surface area contributed by atoms with Crippen LogP contribution in [0.2, 0.25) is 0 Å². The molecule has 0 radical (unpaired) electrons. The average molecular weight is 616 g/mol. The second kappa shape index (κ2) is 12.9. The smallest absolute Gasteiger partial charge is 0.336 e. The number of nitrogens with one attached hydrogen (secondary N) is 2. The second-order valence-corrected chi connectivity index (χ2v) is 11.9. The molecule has 0 aliphatic rings. The summed E-state index contributed by atoms with van der Waals surface area (Å²) >= 11 is 2.75. The summed E-state index contributed by atoms with van der Waals surface area (Å²) in [5.74, 6) is -1.89. The van der Waals surface area contributed by atoms with E-state index in [4.69, 9.17) is 4.98 Å². The van der Waals surface area contributed by atoms with Gasteiger partial charge < -0.3 is 15.7 Å². The highest BCUT2D eigenvalue weighted by atomic mass is 32.2. The van der Waals surface area contributed by atoms with Crippen LogP contribution in [0.4, 0.5) is 10.8 Å². The minimum Gasteiger partial charge on any atom is -0.478 e. The van der Waals surface area contributed by atoms with Crippen LogP contribution in [0.15, 0.2) is 132 Å². The van der Waals surface area contributed by atoms with Crippen LogP contribution in [0.5, 0.6) is 0 Å². The van der Waals surface area contributed by atoms with Crippen molar-refractivity contribution < 1.29 is 19.5 Å². The lowest BCUT2D eigenvalue weighted by molar-refractivity contribution is -0.115. The number of hydrogen-bond acceptors (Lipinski definition) is 6. The van der Waals surface area contributed by atoms with Gasteiger partial charge in [0.1, 0.15) is 5.25 Å². The molecule has 1 aromatic heterocycles. The SMILES string of the molecule is O=C(O)c1ccccc1C(=O)Nc1ccc(SC(C(=O)Nc2nc(-c3ccc4ccccc4c3)cs2)c2ccccc2)cc1. The molecular formula is C35H25N3O4S2. The molecule has 1 atom stereocenters. The van der Waals surface area contributed by atoms with Crippen LogP contribution >= 0.6 is 23.1 Å². The molecule has 9 heteroatoms. The number of carbonyl (C=O) groups excluding carboxylic acids is 2. The van der Waals surface area contributed by atoms with E-state index in [1.54, 1.807) is 24.3 Å². The highest BCUT2D eigenvalue weighted by molar-refractivity contribution is 8.00. The molecule has 0 aliphatic heterocycles. The zero-order valence-electron chi connectivity index (χ0n) is 23.1. The van der Waals surface area contributed by atoms with Crippen molar-refractivity contribution in [3.63, 3.8) is 0 Å². The van der Waals surface area contributed by atoms with Crippen molar-refractivity contribution in [3.05, 3.63) is 143 Å². The Kier molecular flexibility index (Phi) is 8.49. The fourth-order valence-electron chi connectivity index (χ4n) is 4.70. The molecule has 1 heterocycles. The van der Waals surface area contributed by atoms with Gasteiger partial charge in [0.05, 0.1) is 16.8 Å². The maximum absolute atomic E-state index is 13.6. The van der Waals surface area contributed by atoms with Crippen molar-refractivity contribution in [2.24, 2.45) is 0 Å². The minimum absolute atomic E-state index is 0.0708. The van der Waals surface area contributed by atoms with E-state index in [1.807, 2.05) is 66.0 Å². The van der Waals surface area contributed by atoms with Crippen molar-refractivity contribution in [3.8, 4) is 11.3 Å². The molecule has 6 rings (SSSR count). The first-order valence-corrected chi connectivity index (χ1v) is 15.4. The molecule has 44 heavy (non-hydrogen) atoms. The fourth-order valence-corrected chi connectivity index (χ4v) is 6.45. The number of fused-ring (bicyclic) bond motifs is 1. The topological polar surface area (TPSA) is 108 Å². The van der Waals surface area contributed by atoms with Gasteiger partial charge in [-0.3, -0.25) is 9.59 Å². The number of rotatable bonds is 9. The summed E-state index contributed by atoms with van der Waals surface area (Å²) in [6.07, 6.45) is 0. The van der Waals surface area contributed by atoms with Crippen LogP contribution in [-0.2, 0) is 4.79 Å². The Labute approximate surface area is 261 Å². The van der Waals surface area contributed by atoms with E-state index in [2.05, 4.69) is 34.9 Å². The molecule has 1 unspecified atom stereocenters. The zero-order valence-corrected chi connectivity index (χ0v) is 24.8. The quantitative estimate of drug-likeness (QED) is 0.141. The summed E-state index contributed by atoms with van der Waals surface area (Å²) in [7, 11) is 0. The maximum atomic E-state index is 13.6. The first-order valence-electron chi connectivity index (χ1n) is 13.7. The number of hydrogen-bond donors (Lipinski definition) is 3. The fraction of sp³-hybridized carbons (Fsp3) is 0.0286. The van der Waals surface area contributed by atoms with Gasteiger partial charge in [-0.25, -0.2) is 9.78 Å². The number of thiazole rings is 1. The summed E-state index contributed by atoms with van der Waals surface area (Å²) in [4.78, 5) is 43.4. The number of carbonyl (C=O) groups is 3. The monoisotopic (exact) mass is 615 g/mol. The molecule has 216 valence electrons. The van der Waals surface area contributed by atoms with Crippen molar-refractivity contribution in [1.82, 2.24) is 4.98 Å². The van der Waals surface area contributed by atoms with E-state index in [1.165, 1.54) is 35.2 Å². The Balaban J connectivity index is 1.17. The third-order valence-electron chi connectivity index (χ3n) is 6.89. The molecule has 6 aromatic rings. The number of carboxylic acid groups (broad SMARTS) is 1. The predicted octanol–water partition coefficient (Wildman–Crippen LogP) is 8.39. The highest BCUT2D eigenvalue weighted by Gasteiger charge is 2.23. The Morgan fingerprint density at radius 1 is 0.727 bits per heavy atom. The van der Waals surface area contributed by atoms with E-state index < -0.39 is 17.1 Å². The minimum atomic E-state index is -1.17. The molecule has 3 N–H and O–H groups in total. The number of carboxylic acids is 1. The van der Waals surface area contributed by atoms with Crippen molar-refractivity contribution >= 4 is 62.5 Å². The number of thioether (sulfide) groups is 1. The van der Waals surface area contributed by atoms with E-state index in [-0.39, 0.29) is 17.0 Å². The zero-order chi connectivity index (χ0) is 30.5. The highest BCUT2D eigenvalue weighted by Crippen LogP contribution is 2.37. The van der Waals surface area contributed by atoms with Crippen molar-refractivity contribution in [1.29, 1.82) is 0 Å². The van der Waals surface area contributed by atoms with Gasteiger partial charge in [-0.15, -0.1) is 23.1 Å². The summed E-state index contributed by atoms with van der Waals surface area (Å²) in [6.45, 7) is 0. The number of aromatic nitrogens is 1. The lowest BCUT2D eigenvalue weighted by Crippen LogP contribution is -2.19. The Hall–Kier alpha value is -5.25. The van der Waals surface area contributed by atoms with Crippen molar-refractivity contribution in [2.75, 3.05) is 10.6 Å². The number of nitrogens with zero attached hydrogens (tertiary/aromatic N) is 1. The van der Waals surface area contributed by atoms with E-state index in [0.29, 0.717) is 10.8 Å². The molecule has 0 spiro atoms. The molecule has 0 bridgehead atoms. The molecule has 0 aliphatic carbocycles. The van der Waals surface area contributed by atoms with Gasteiger partial charge in [0.2, 0.25) is 5.91 Å². The number of aromatic carboxylic acids is 1. The molecular weight excluding hydrogens is 591 g/mol. The number of amides is 2. The average Bonchev–Trinajstić information content (AvgIpc) is 3.53. The van der Waals surface area contributed by atoms with Crippen LogP contribution in [0.1, 0.15) is 31.5 Å². The number of benzene rings is 5. The Morgan fingerprint density at radius 3 is 2.16 bits per heavy atom. The van der Waals surface area contributed by atoms with Crippen LogP contribution in [0.3, 0.4) is 0 Å². The van der Waals surface area contributed by atoms with Gasteiger partial charge in [-0.2, -0.15) is 0 Å². The molecule has 0 saturated carbocycles. The Bertz CT molecular complexity index is 1970. The van der Waals surface area contributed by atoms with Crippen molar-refractivity contribution in [2.45, 2.75) is 10.1 Å². The van der Waals surface area contributed by atoms with Crippen LogP contribution in [0, 0.1) is 0 Å².